The molecule has 0 bridgehead atoms. The van der Waals surface area contributed by atoms with E-state index in [9.17, 15) is 4.79 Å². The summed E-state index contributed by atoms with van der Waals surface area (Å²) in [6.07, 6.45) is 1.89. The molecule has 0 aromatic rings. The molecule has 0 radical (unpaired) electrons. The molecule has 1 aliphatic heterocycles. The van der Waals surface area contributed by atoms with Gasteiger partial charge in [-0.1, -0.05) is 12.2 Å². The number of carbonyl (C=O) groups excluding carboxylic acids is 1. The van der Waals surface area contributed by atoms with Crippen LogP contribution in [0.25, 0.3) is 0 Å². The predicted molar refractivity (Wildman–Crippen MR) is 68.7 cm³/mol. The fraction of sp³-hybridized carbons (Fsp3) is 0.700. The van der Waals surface area contributed by atoms with E-state index >= 15 is 0 Å². The van der Waals surface area contributed by atoms with Gasteiger partial charge in [-0.25, -0.2) is 10.4 Å². The van der Waals surface area contributed by atoms with Gasteiger partial charge in [0.15, 0.2) is 0 Å². The third-order valence-electron chi connectivity index (χ3n) is 1.98. The maximum absolute atomic E-state index is 10.4. The van der Waals surface area contributed by atoms with Gasteiger partial charge >= 0.3 is 0 Å². The van der Waals surface area contributed by atoms with Crippen LogP contribution in [-0.4, -0.2) is 59.3 Å². The summed E-state index contributed by atoms with van der Waals surface area (Å²) in [5, 5.41) is 15.6. The van der Waals surface area contributed by atoms with Gasteiger partial charge < -0.3 is 4.90 Å². The average Bonchev–Trinajstić information content (AvgIpc) is 2.57. The van der Waals surface area contributed by atoms with Crippen LogP contribution in [-0.2, 0) is 4.79 Å². The van der Waals surface area contributed by atoms with Crippen molar-refractivity contribution in [2.24, 2.45) is 4.99 Å². The Kier molecular flexibility index (Phi) is 8.35. The standard InChI is InChI=1S/C6H13N3.C4H5NO2S/c1-9(2)5-3-4-8-6-7;6-3-1-2-4(8)5(3)7/h7H,3-5H2,1-2H3;7H,1-2H2. The van der Waals surface area contributed by atoms with E-state index in [4.69, 9.17) is 10.6 Å². The fourth-order valence-electron chi connectivity index (χ4n) is 1.09. The van der Waals surface area contributed by atoms with Crippen molar-refractivity contribution in [3.8, 4) is 0 Å². The summed E-state index contributed by atoms with van der Waals surface area (Å²) in [6, 6.07) is 2.00. The minimum Gasteiger partial charge on any atom is -0.309 e. The van der Waals surface area contributed by atoms with E-state index in [1.165, 1.54) is 0 Å². The van der Waals surface area contributed by atoms with Crippen LogP contribution in [0.15, 0.2) is 4.99 Å². The number of aliphatic imine (C=N–C) groups is 1. The van der Waals surface area contributed by atoms with Gasteiger partial charge in [-0.15, -0.1) is 0 Å². The van der Waals surface area contributed by atoms with Crippen LogP contribution in [0, 0.1) is 5.41 Å². The number of amides is 1. The van der Waals surface area contributed by atoms with E-state index < -0.39 is 0 Å². The van der Waals surface area contributed by atoms with Crippen LogP contribution in [0.5, 0.6) is 0 Å². The maximum Gasteiger partial charge on any atom is 0.251 e. The lowest BCUT2D eigenvalue weighted by atomic mass is 10.4. The zero-order valence-corrected chi connectivity index (χ0v) is 11.0. The summed E-state index contributed by atoms with van der Waals surface area (Å²) in [5.74, 6) is -0.296. The summed E-state index contributed by atoms with van der Waals surface area (Å²) >= 11 is 4.57. The zero-order valence-electron chi connectivity index (χ0n) is 10.1. The molecule has 0 aromatic carbocycles. The van der Waals surface area contributed by atoms with Gasteiger partial charge in [-0.05, 0) is 27.1 Å². The summed E-state index contributed by atoms with van der Waals surface area (Å²) < 4.78 is 0. The van der Waals surface area contributed by atoms with Gasteiger partial charge in [-0.2, -0.15) is 5.06 Å². The number of hydrogen-bond donors (Lipinski definition) is 2. The van der Waals surface area contributed by atoms with Crippen LogP contribution in [0.4, 0.5) is 0 Å². The van der Waals surface area contributed by atoms with Gasteiger partial charge in [0.2, 0.25) is 0 Å². The molecule has 2 N–H and O–H groups in total. The van der Waals surface area contributed by atoms with Crippen molar-refractivity contribution >= 4 is 29.1 Å². The second-order valence-electron chi connectivity index (χ2n) is 3.75. The van der Waals surface area contributed by atoms with Crippen molar-refractivity contribution in [2.45, 2.75) is 19.3 Å². The Morgan fingerprint density at radius 3 is 2.53 bits per heavy atom. The molecule has 0 atom stereocenters. The molecule has 0 unspecified atom stereocenters. The Balaban J connectivity index is 0.000000302. The first kappa shape index (κ1) is 15.9. The molecule has 7 heteroatoms. The molecule has 0 aliphatic carbocycles. The Bertz CT molecular complexity index is 297. The van der Waals surface area contributed by atoms with E-state index in [1.54, 1.807) is 0 Å². The van der Waals surface area contributed by atoms with Gasteiger partial charge in [0.05, 0.1) is 12.6 Å². The number of thiocarbonyl (C=S) groups is 1. The molecule has 1 heterocycles. The molecule has 6 nitrogen and oxygen atoms in total. The summed E-state index contributed by atoms with van der Waals surface area (Å²) in [4.78, 5) is 16.4. The Hall–Kier alpha value is -1.14. The normalized spacial score (nSPS) is 14.5. The number of hydrogen-bond acceptors (Lipinski definition) is 6. The Labute approximate surface area is 106 Å². The number of rotatable bonds is 4. The molecule has 96 valence electrons. The van der Waals surface area contributed by atoms with Gasteiger partial charge in [0.1, 0.15) is 4.99 Å². The van der Waals surface area contributed by atoms with E-state index in [0.717, 1.165) is 19.5 Å². The lowest BCUT2D eigenvalue weighted by Crippen LogP contribution is -2.22. The van der Waals surface area contributed by atoms with E-state index in [-0.39, 0.29) is 5.91 Å². The molecule has 1 amide bonds. The lowest BCUT2D eigenvalue weighted by Gasteiger charge is -2.05. The highest BCUT2D eigenvalue weighted by Gasteiger charge is 2.23. The molecule has 0 aromatic heterocycles. The number of nitrogens with zero attached hydrogens (tertiary/aromatic N) is 3. The fourth-order valence-corrected chi connectivity index (χ4v) is 1.29. The highest BCUT2D eigenvalue weighted by molar-refractivity contribution is 7.80. The summed E-state index contributed by atoms with van der Waals surface area (Å²) in [6.45, 7) is 1.76. The van der Waals surface area contributed by atoms with Gasteiger partial charge in [0.25, 0.3) is 5.91 Å². The van der Waals surface area contributed by atoms with Gasteiger partial charge in [-0.3, -0.25) is 10.0 Å². The smallest absolute Gasteiger partial charge is 0.251 e. The number of nitrogens with one attached hydrogen (secondary N) is 1. The quantitative estimate of drug-likeness (QED) is 0.341. The first-order chi connectivity index (χ1) is 7.99. The molecule has 1 saturated heterocycles. The Morgan fingerprint density at radius 2 is 2.24 bits per heavy atom. The van der Waals surface area contributed by atoms with Crippen molar-refractivity contribution < 1.29 is 10.0 Å². The van der Waals surface area contributed by atoms with Crippen LogP contribution in [0.3, 0.4) is 0 Å². The first-order valence-corrected chi connectivity index (χ1v) is 5.67. The largest absolute Gasteiger partial charge is 0.309 e. The average molecular weight is 258 g/mol. The van der Waals surface area contributed by atoms with Crippen LogP contribution in [0.2, 0.25) is 0 Å². The number of hydroxylamine groups is 2. The second-order valence-corrected chi connectivity index (χ2v) is 4.22. The second kappa shape index (κ2) is 8.95. The minimum absolute atomic E-state index is 0.296. The monoisotopic (exact) mass is 258 g/mol. The number of carbonyl (C=O) groups is 1. The highest BCUT2D eigenvalue weighted by Crippen LogP contribution is 2.09. The molecule has 1 aliphatic rings. The van der Waals surface area contributed by atoms with Gasteiger partial charge in [0, 0.05) is 12.8 Å². The molecule has 0 spiro atoms. The molecular weight excluding hydrogens is 240 g/mol. The lowest BCUT2D eigenvalue weighted by molar-refractivity contribution is -0.145. The zero-order chi connectivity index (χ0) is 13.3. The van der Waals surface area contributed by atoms with Crippen molar-refractivity contribution in [3.05, 3.63) is 0 Å². The topological polar surface area (TPSA) is 80.0 Å². The van der Waals surface area contributed by atoms with Crippen molar-refractivity contribution in [3.63, 3.8) is 0 Å². The molecule has 1 fully saturated rings. The predicted octanol–water partition coefficient (Wildman–Crippen LogP) is 1.02. The van der Waals surface area contributed by atoms with E-state index in [1.807, 2.05) is 20.1 Å². The third-order valence-corrected chi connectivity index (χ3v) is 2.36. The SMILES string of the molecule is CN(C)CCCN=C=N.O=C1CCC(=S)N1O. The Morgan fingerprint density at radius 1 is 1.59 bits per heavy atom. The minimum atomic E-state index is -0.296. The maximum atomic E-state index is 10.4. The van der Waals surface area contributed by atoms with E-state index in [0.29, 0.717) is 22.9 Å². The summed E-state index contributed by atoms with van der Waals surface area (Å²) in [5.41, 5.74) is 0. The van der Waals surface area contributed by atoms with Crippen LogP contribution >= 0.6 is 12.2 Å². The molecule has 1 rings (SSSR count). The van der Waals surface area contributed by atoms with Crippen molar-refractivity contribution in [1.29, 1.82) is 5.41 Å². The molecule has 0 saturated carbocycles. The van der Waals surface area contributed by atoms with Crippen LogP contribution in [0.1, 0.15) is 19.3 Å². The highest BCUT2D eigenvalue weighted by atomic mass is 32.1. The van der Waals surface area contributed by atoms with Crippen molar-refractivity contribution in [2.75, 3.05) is 27.2 Å². The van der Waals surface area contributed by atoms with E-state index in [2.05, 4.69) is 22.1 Å². The van der Waals surface area contributed by atoms with Crippen LogP contribution < -0.4 is 0 Å². The third kappa shape index (κ3) is 7.70. The molecular formula is C10H18N4O2S. The molecule has 17 heavy (non-hydrogen) atoms. The first-order valence-electron chi connectivity index (χ1n) is 5.26. The summed E-state index contributed by atoms with van der Waals surface area (Å²) in [7, 11) is 4.04. The van der Waals surface area contributed by atoms with Crippen molar-refractivity contribution in [1.82, 2.24) is 9.96 Å².